The lowest BCUT2D eigenvalue weighted by molar-refractivity contribution is -0.359. The standard InChI is InChI=1S/C54H87FN12O20S2/c1-31(70)88-30-40(72)59-33(49(78)58-25-32-26-66(64-62-32)16-20-84-50-46(77)44(75)47(37(28-69)86-50)87-51-45(76)43(74)42(73)36(27-68)85-51)9-6-8-14-57-52(79)54(55)13-7-2-3-10-35-48(54)63-65-67(35)17-19-82-22-24-83-23-21-81-18-15-56-39(71)12-5-4-11-38-41-34(29-89-38)60-53(80)61-41/h26,33-34,36-38,41-47,50-51,68-69,73-77H,2-25,27-30H2,1H3,(H,56,71)(H,57,79)(H,58,78)(H,59,72)(H2,60,61,80)/t33-,34+,36+,37+,38+,41+,42-,43-,44+,45+,46+,47+,50+,51-,54?/m0/s1. The second-order valence-electron chi connectivity index (χ2n) is 22.2. The van der Waals surface area contributed by atoms with E-state index in [0.717, 1.165) is 43.2 Å². The van der Waals surface area contributed by atoms with Crippen molar-refractivity contribution in [1.29, 1.82) is 0 Å². The summed E-state index contributed by atoms with van der Waals surface area (Å²) in [6, 6.07) is -0.802. The van der Waals surface area contributed by atoms with Gasteiger partial charge in [0, 0.05) is 37.4 Å². The zero-order chi connectivity index (χ0) is 63.9. The molecule has 502 valence electrons. The van der Waals surface area contributed by atoms with Gasteiger partial charge in [-0.1, -0.05) is 35.0 Å². The molecule has 0 bridgehead atoms. The SMILES string of the molecule is CC(=O)SCC(=O)N[C@@H](CCCCNC(=O)C1(F)CCCCCc2c1nnn2CCOCCOCCOCCNC(=O)CCCC[C@H]1SC[C@H]2NC(=O)N[C@H]21)C(=O)NCc1cn(CCO[C@@H]2O[C@H](CO)[C@@H](O[C@@H]3O[C@H](CO)[C@H](O)[C@H](O)[C@H]3O)[C@H](O)[C@H]2O)nn1. The van der Waals surface area contributed by atoms with Gasteiger partial charge in [0.2, 0.25) is 23.4 Å². The molecule has 13 N–H and O–H groups in total. The summed E-state index contributed by atoms with van der Waals surface area (Å²) < 4.78 is 59.0. The number of nitrogens with zero attached hydrogens (tertiary/aromatic N) is 6. The zero-order valence-electron chi connectivity index (χ0n) is 49.8. The van der Waals surface area contributed by atoms with Gasteiger partial charge in [-0.05, 0) is 57.8 Å². The summed E-state index contributed by atoms with van der Waals surface area (Å²) in [7, 11) is 0. The van der Waals surface area contributed by atoms with Gasteiger partial charge in [-0.15, -0.1) is 10.2 Å². The van der Waals surface area contributed by atoms with E-state index in [1.807, 2.05) is 11.8 Å². The molecule has 0 spiro atoms. The number of carbonyl (C=O) groups excluding carboxylic acids is 6. The van der Waals surface area contributed by atoms with Gasteiger partial charge < -0.3 is 101 Å². The molecule has 32 nitrogen and oxygen atoms in total. The number of rotatable bonds is 37. The van der Waals surface area contributed by atoms with Gasteiger partial charge in [0.1, 0.15) is 66.3 Å². The number of aromatic nitrogens is 6. The molecule has 2 aromatic rings. The Morgan fingerprint density at radius 2 is 1.54 bits per heavy atom. The summed E-state index contributed by atoms with van der Waals surface area (Å²) in [5, 5.41) is 105. The van der Waals surface area contributed by atoms with E-state index in [1.165, 1.54) is 17.8 Å². The lowest BCUT2D eigenvalue weighted by atomic mass is 9.88. The fourth-order valence-corrected chi connectivity index (χ4v) is 12.8. The van der Waals surface area contributed by atoms with Crippen molar-refractivity contribution in [2.45, 2.75) is 194 Å². The summed E-state index contributed by atoms with van der Waals surface area (Å²) in [6.07, 6.45) is -8.59. The van der Waals surface area contributed by atoms with E-state index in [-0.39, 0.29) is 99.4 Å². The van der Waals surface area contributed by atoms with E-state index in [4.69, 9.17) is 33.2 Å². The highest BCUT2D eigenvalue weighted by Crippen LogP contribution is 2.37. The van der Waals surface area contributed by atoms with Crippen LogP contribution in [0, 0.1) is 0 Å². The van der Waals surface area contributed by atoms with Crippen molar-refractivity contribution < 1.29 is 102 Å². The first-order valence-electron chi connectivity index (χ1n) is 30.3. The number of urea groups is 1. The van der Waals surface area contributed by atoms with Crippen molar-refractivity contribution in [2.24, 2.45) is 0 Å². The molecule has 1 unspecified atom stereocenters. The molecule has 0 saturated carbocycles. The number of nitrogens with one attached hydrogen (secondary N) is 6. The quantitative estimate of drug-likeness (QED) is 0.0227. The molecule has 6 heterocycles. The Hall–Kier alpha value is -4.83. The van der Waals surface area contributed by atoms with Crippen LogP contribution in [0.4, 0.5) is 9.18 Å². The summed E-state index contributed by atoms with van der Waals surface area (Å²) in [6.45, 7) is 2.11. The van der Waals surface area contributed by atoms with Gasteiger partial charge in [0.05, 0.1) is 109 Å². The normalized spacial score (nSPS) is 28.8. The van der Waals surface area contributed by atoms with E-state index in [0.29, 0.717) is 88.1 Å². The molecular formula is C54H87FN12O20S2. The highest BCUT2D eigenvalue weighted by atomic mass is 32.2. The van der Waals surface area contributed by atoms with Crippen LogP contribution < -0.4 is 31.9 Å². The van der Waals surface area contributed by atoms with Crippen LogP contribution in [-0.4, -0.2) is 269 Å². The van der Waals surface area contributed by atoms with Crippen molar-refractivity contribution in [3.05, 3.63) is 23.3 Å². The smallest absolute Gasteiger partial charge is 0.315 e. The number of thioether (sulfide) groups is 2. The summed E-state index contributed by atoms with van der Waals surface area (Å²) in [4.78, 5) is 75.4. The molecule has 6 amide bonds. The first kappa shape index (κ1) is 71.6. The van der Waals surface area contributed by atoms with E-state index in [2.05, 4.69) is 52.5 Å². The Morgan fingerprint density at radius 3 is 2.30 bits per heavy atom. The first-order chi connectivity index (χ1) is 42.9. The predicted octanol–water partition coefficient (Wildman–Crippen LogP) is -3.95. The van der Waals surface area contributed by atoms with Gasteiger partial charge in [-0.2, -0.15) is 11.8 Å². The lowest BCUT2D eigenvalue weighted by Crippen LogP contribution is -2.64. The van der Waals surface area contributed by atoms with E-state index < -0.39 is 104 Å². The number of hydrogen-bond acceptors (Lipinski definition) is 26. The summed E-state index contributed by atoms with van der Waals surface area (Å²) in [5.41, 5.74) is -1.66. The van der Waals surface area contributed by atoms with Crippen molar-refractivity contribution in [1.82, 2.24) is 61.9 Å². The number of alkyl halides is 1. The van der Waals surface area contributed by atoms with Crippen LogP contribution in [-0.2, 0) is 88.9 Å². The zero-order valence-corrected chi connectivity index (χ0v) is 51.4. The van der Waals surface area contributed by atoms with Crippen molar-refractivity contribution in [3.63, 3.8) is 0 Å². The van der Waals surface area contributed by atoms with Gasteiger partial charge in [-0.25, -0.2) is 18.5 Å². The van der Waals surface area contributed by atoms with Crippen molar-refractivity contribution in [3.8, 4) is 0 Å². The van der Waals surface area contributed by atoms with Gasteiger partial charge in [0.25, 0.3) is 5.91 Å². The Balaban J connectivity index is 0.767. The topological polar surface area (TPSA) is 442 Å². The van der Waals surface area contributed by atoms with Crippen LogP contribution in [0.1, 0.15) is 94.6 Å². The Labute approximate surface area is 521 Å². The summed E-state index contributed by atoms with van der Waals surface area (Å²) in [5.74, 6) is -1.34. The molecular weight excluding hydrogens is 1220 g/mol. The number of aliphatic hydroxyl groups excluding tert-OH is 7. The number of ether oxygens (including phenoxy) is 7. The highest BCUT2D eigenvalue weighted by molar-refractivity contribution is 8.14. The predicted molar refractivity (Wildman–Crippen MR) is 311 cm³/mol. The highest BCUT2D eigenvalue weighted by Gasteiger charge is 2.51. The van der Waals surface area contributed by atoms with Crippen LogP contribution in [0.15, 0.2) is 6.20 Å². The van der Waals surface area contributed by atoms with E-state index in [9.17, 15) is 64.5 Å². The first-order valence-corrected chi connectivity index (χ1v) is 32.3. The maximum absolute atomic E-state index is 17.0. The van der Waals surface area contributed by atoms with Gasteiger partial charge in [0.15, 0.2) is 17.7 Å². The number of carbonyl (C=O) groups is 6. The number of halogens is 1. The van der Waals surface area contributed by atoms with Crippen molar-refractivity contribution in [2.75, 3.05) is 84.1 Å². The third-order valence-electron chi connectivity index (χ3n) is 15.7. The minimum Gasteiger partial charge on any atom is -0.394 e. The Bertz CT molecular complexity index is 2560. The molecule has 35 heteroatoms. The van der Waals surface area contributed by atoms with Crippen LogP contribution in [0.5, 0.6) is 0 Å². The number of amides is 6. The van der Waals surface area contributed by atoms with E-state index >= 15 is 4.39 Å². The van der Waals surface area contributed by atoms with Crippen LogP contribution in [0.2, 0.25) is 0 Å². The van der Waals surface area contributed by atoms with Crippen molar-refractivity contribution >= 4 is 58.3 Å². The molecule has 2 aromatic heterocycles. The number of fused-ring (bicyclic) bond motifs is 2. The van der Waals surface area contributed by atoms with Crippen LogP contribution in [0.3, 0.4) is 0 Å². The second kappa shape index (κ2) is 36.4. The maximum Gasteiger partial charge on any atom is 0.315 e. The Morgan fingerprint density at radius 1 is 0.798 bits per heavy atom. The Kier molecular flexibility index (Phi) is 29.3. The monoisotopic (exact) mass is 1310 g/mol. The van der Waals surface area contributed by atoms with Crippen LogP contribution in [0.25, 0.3) is 0 Å². The number of hydrogen-bond donors (Lipinski definition) is 13. The number of unbranched alkanes of at least 4 members (excludes halogenated alkanes) is 2. The lowest BCUT2D eigenvalue weighted by Gasteiger charge is -2.45. The fraction of sp³-hybridized carbons (Fsp3) is 0.815. The van der Waals surface area contributed by atoms with Crippen LogP contribution >= 0.6 is 23.5 Å². The third-order valence-corrected chi connectivity index (χ3v) is 18.0. The molecule has 89 heavy (non-hydrogen) atoms. The molecule has 4 saturated heterocycles. The molecule has 4 fully saturated rings. The average Bonchev–Trinajstić information content (AvgIpc) is 2.29. The molecule has 15 atom stereocenters. The van der Waals surface area contributed by atoms with Gasteiger partial charge in [-0.3, -0.25) is 24.0 Å². The largest absolute Gasteiger partial charge is 0.394 e. The molecule has 7 rings (SSSR count). The van der Waals surface area contributed by atoms with E-state index in [1.54, 1.807) is 4.68 Å². The summed E-state index contributed by atoms with van der Waals surface area (Å²) >= 11 is 2.64. The second-order valence-corrected chi connectivity index (χ2v) is 24.7. The molecule has 0 aromatic carbocycles. The minimum atomic E-state index is -2.45. The third kappa shape index (κ3) is 21.1. The average molecular weight is 1310 g/mol. The molecule has 1 aliphatic carbocycles. The fourth-order valence-electron chi connectivity index (χ4n) is 10.8. The maximum atomic E-state index is 17.0. The molecule has 5 aliphatic rings. The minimum absolute atomic E-state index is 0.0211. The van der Waals surface area contributed by atoms with Gasteiger partial charge >= 0.3 is 6.03 Å². The molecule has 4 aliphatic heterocycles. The molecule has 0 radical (unpaired) electrons. The number of aliphatic hydroxyl groups is 7.